The van der Waals surface area contributed by atoms with Gasteiger partial charge >= 0.3 is 5.97 Å². The Kier molecular flexibility index (Phi) is 5.43. The maximum absolute atomic E-state index is 15.3. The Morgan fingerprint density at radius 2 is 1.84 bits per heavy atom. The molecule has 3 aromatic rings. The van der Waals surface area contributed by atoms with E-state index in [0.29, 0.717) is 21.3 Å². The number of methoxy groups -OCH3 is 1. The Bertz CT molecular complexity index is 1190. The van der Waals surface area contributed by atoms with Gasteiger partial charge in [-0.25, -0.2) is 9.18 Å². The average molecular weight is 461 g/mol. The van der Waals surface area contributed by atoms with Crippen LogP contribution in [-0.4, -0.2) is 34.0 Å². The molecule has 2 aromatic carbocycles. The molecule has 6 nitrogen and oxygen atoms in total. The molecule has 0 radical (unpaired) electrons. The fourth-order valence-electron chi connectivity index (χ4n) is 3.82. The van der Waals surface area contributed by atoms with E-state index < -0.39 is 23.4 Å². The van der Waals surface area contributed by atoms with Crippen molar-refractivity contribution in [2.45, 2.75) is 12.3 Å². The first-order valence-electron chi connectivity index (χ1n) is 9.09. The number of pyridine rings is 1. The molecule has 1 amide bonds. The number of amides is 1. The third-order valence-electron chi connectivity index (χ3n) is 5.17. The summed E-state index contributed by atoms with van der Waals surface area (Å²) in [6.07, 6.45) is 1.43. The van der Waals surface area contributed by atoms with Crippen molar-refractivity contribution in [2.75, 3.05) is 7.11 Å². The van der Waals surface area contributed by atoms with Crippen LogP contribution in [0.5, 0.6) is 0 Å². The molecule has 0 fully saturated rings. The largest absolute Gasteiger partial charge is 0.478 e. The van der Waals surface area contributed by atoms with Crippen LogP contribution >= 0.6 is 23.2 Å². The van der Waals surface area contributed by atoms with Crippen molar-refractivity contribution in [3.63, 3.8) is 0 Å². The molecule has 158 valence electrons. The summed E-state index contributed by atoms with van der Waals surface area (Å²) in [5.74, 6) is -2.81. The number of fused-ring (bicyclic) bond motifs is 1. The predicted molar refractivity (Wildman–Crippen MR) is 112 cm³/mol. The number of carboxylic acid groups (broad SMARTS) is 1. The number of ether oxygens (including phenoxy) is 1. The van der Waals surface area contributed by atoms with Gasteiger partial charge in [-0.3, -0.25) is 14.7 Å². The van der Waals surface area contributed by atoms with Crippen molar-refractivity contribution in [1.82, 2.24) is 9.88 Å². The maximum Gasteiger partial charge on any atom is 0.335 e. The summed E-state index contributed by atoms with van der Waals surface area (Å²) in [4.78, 5) is 30.4. The molecule has 1 aliphatic heterocycles. The topological polar surface area (TPSA) is 79.7 Å². The zero-order valence-electron chi connectivity index (χ0n) is 16.1. The van der Waals surface area contributed by atoms with Gasteiger partial charge in [-0.2, -0.15) is 0 Å². The number of carbonyl (C=O) groups excluding carboxylic acids is 1. The highest BCUT2D eigenvalue weighted by molar-refractivity contribution is 6.30. The van der Waals surface area contributed by atoms with Crippen LogP contribution < -0.4 is 0 Å². The minimum atomic E-state index is -1.65. The molecular weight excluding hydrogens is 446 g/mol. The summed E-state index contributed by atoms with van der Waals surface area (Å²) in [5.41, 5.74) is -1.22. The van der Waals surface area contributed by atoms with Gasteiger partial charge in [-0.05, 0) is 36.4 Å². The van der Waals surface area contributed by atoms with Crippen molar-refractivity contribution < 1.29 is 23.8 Å². The van der Waals surface area contributed by atoms with E-state index in [9.17, 15) is 14.7 Å². The number of nitrogens with zero attached hydrogens (tertiary/aromatic N) is 2. The van der Waals surface area contributed by atoms with Crippen LogP contribution in [0.3, 0.4) is 0 Å². The first-order chi connectivity index (χ1) is 14.8. The number of aromatic nitrogens is 1. The van der Waals surface area contributed by atoms with Crippen molar-refractivity contribution in [3.05, 3.63) is 98.5 Å². The van der Waals surface area contributed by atoms with E-state index in [1.807, 2.05) is 0 Å². The second kappa shape index (κ2) is 7.92. The molecule has 1 N–H and O–H groups in total. The molecule has 31 heavy (non-hydrogen) atoms. The first-order valence-corrected chi connectivity index (χ1v) is 9.84. The Balaban J connectivity index is 1.96. The van der Waals surface area contributed by atoms with Crippen molar-refractivity contribution in [3.8, 4) is 0 Å². The monoisotopic (exact) mass is 460 g/mol. The van der Waals surface area contributed by atoms with E-state index in [0.717, 1.165) is 12.1 Å². The highest BCUT2D eigenvalue weighted by atomic mass is 35.5. The normalized spacial score (nSPS) is 17.7. The number of aromatic carboxylic acids is 1. The van der Waals surface area contributed by atoms with Gasteiger partial charge < -0.3 is 9.84 Å². The van der Waals surface area contributed by atoms with Gasteiger partial charge in [0.15, 0.2) is 5.72 Å². The Morgan fingerprint density at radius 1 is 1.16 bits per heavy atom. The smallest absolute Gasteiger partial charge is 0.335 e. The van der Waals surface area contributed by atoms with E-state index in [-0.39, 0.29) is 23.2 Å². The Morgan fingerprint density at radius 3 is 2.42 bits per heavy atom. The summed E-state index contributed by atoms with van der Waals surface area (Å²) in [6.45, 7) is -0.0387. The molecule has 1 aromatic heterocycles. The second-order valence-corrected chi connectivity index (χ2v) is 7.77. The third-order valence-corrected chi connectivity index (χ3v) is 5.65. The molecule has 1 atom stereocenters. The highest BCUT2D eigenvalue weighted by Crippen LogP contribution is 2.47. The number of hydrogen-bond acceptors (Lipinski definition) is 4. The van der Waals surface area contributed by atoms with E-state index in [2.05, 4.69) is 4.98 Å². The van der Waals surface area contributed by atoms with E-state index in [1.54, 1.807) is 36.4 Å². The van der Waals surface area contributed by atoms with Crippen LogP contribution in [0, 0.1) is 5.82 Å². The maximum atomic E-state index is 15.3. The van der Waals surface area contributed by atoms with E-state index >= 15 is 4.39 Å². The fourth-order valence-corrected chi connectivity index (χ4v) is 4.06. The molecule has 9 heteroatoms. The van der Waals surface area contributed by atoms with E-state index in [4.69, 9.17) is 27.9 Å². The molecule has 0 spiro atoms. The SMILES string of the molecule is CO[C@]1(c2ccc(Cl)cc2)c2c(F)cc(C(=O)O)cc2C(=O)N1Cc1ccc(Cl)cn1. The lowest BCUT2D eigenvalue weighted by molar-refractivity contribution is -0.0885. The lowest BCUT2D eigenvalue weighted by Crippen LogP contribution is -2.46. The van der Waals surface area contributed by atoms with Crippen LogP contribution in [-0.2, 0) is 17.0 Å². The van der Waals surface area contributed by atoms with Gasteiger partial charge in [0.1, 0.15) is 5.82 Å². The number of halogens is 3. The third kappa shape index (κ3) is 3.44. The Labute approximate surface area is 186 Å². The quantitative estimate of drug-likeness (QED) is 0.595. The lowest BCUT2D eigenvalue weighted by Gasteiger charge is -2.38. The summed E-state index contributed by atoms with van der Waals surface area (Å²) in [5, 5.41) is 10.2. The van der Waals surface area contributed by atoms with Crippen LogP contribution in [0.25, 0.3) is 0 Å². The number of benzene rings is 2. The summed E-state index contributed by atoms with van der Waals surface area (Å²) in [7, 11) is 1.35. The number of carboxylic acids is 1. The van der Waals surface area contributed by atoms with Crippen molar-refractivity contribution >= 4 is 35.1 Å². The summed E-state index contributed by atoms with van der Waals surface area (Å²) in [6, 6.07) is 11.7. The summed E-state index contributed by atoms with van der Waals surface area (Å²) >= 11 is 11.9. The number of carbonyl (C=O) groups is 2. The molecule has 0 unspecified atom stereocenters. The van der Waals surface area contributed by atoms with Gasteiger partial charge in [-0.15, -0.1) is 0 Å². The molecule has 2 heterocycles. The van der Waals surface area contributed by atoms with Gasteiger partial charge in [-0.1, -0.05) is 35.3 Å². The Hall–Kier alpha value is -3.00. The predicted octanol–water partition coefficient (Wildman–Crippen LogP) is 4.73. The second-order valence-electron chi connectivity index (χ2n) is 6.90. The van der Waals surface area contributed by atoms with Crippen LogP contribution in [0.15, 0.2) is 54.7 Å². The van der Waals surface area contributed by atoms with Gasteiger partial charge in [0.25, 0.3) is 5.91 Å². The van der Waals surface area contributed by atoms with Gasteiger partial charge in [0.2, 0.25) is 0 Å². The average Bonchev–Trinajstić information content (AvgIpc) is 2.99. The lowest BCUT2D eigenvalue weighted by atomic mass is 9.91. The van der Waals surface area contributed by atoms with Crippen LogP contribution in [0.1, 0.15) is 37.5 Å². The molecule has 0 bridgehead atoms. The van der Waals surface area contributed by atoms with Gasteiger partial charge in [0.05, 0.1) is 34.0 Å². The molecular formula is C22H15Cl2FN2O4. The molecule has 4 rings (SSSR count). The van der Waals surface area contributed by atoms with Crippen molar-refractivity contribution in [2.24, 2.45) is 0 Å². The molecule has 0 aliphatic carbocycles. The zero-order valence-corrected chi connectivity index (χ0v) is 17.6. The molecule has 0 saturated heterocycles. The first kappa shape index (κ1) is 21.2. The fraction of sp³-hybridized carbons (Fsp3) is 0.136. The van der Waals surface area contributed by atoms with Crippen LogP contribution in [0.4, 0.5) is 4.39 Å². The van der Waals surface area contributed by atoms with E-state index in [1.165, 1.54) is 18.2 Å². The minimum Gasteiger partial charge on any atom is -0.478 e. The number of rotatable bonds is 5. The molecule has 0 saturated carbocycles. The highest BCUT2D eigenvalue weighted by Gasteiger charge is 2.54. The zero-order chi connectivity index (χ0) is 22.3. The van der Waals surface area contributed by atoms with Crippen molar-refractivity contribution in [1.29, 1.82) is 0 Å². The van der Waals surface area contributed by atoms with Gasteiger partial charge in [0, 0.05) is 23.9 Å². The molecule has 1 aliphatic rings. The summed E-state index contributed by atoms with van der Waals surface area (Å²) < 4.78 is 21.1. The standard InChI is InChI=1S/C22H15Cl2FN2O4/c1-31-22(13-2-4-14(23)5-3-13)19-17(8-12(21(29)30)9-18(19)25)20(28)27(22)11-16-7-6-15(24)10-26-16/h2-10H,11H2,1H3,(H,29,30)/t22-/m1/s1. The van der Waals surface area contributed by atoms with Crippen LogP contribution in [0.2, 0.25) is 10.0 Å². The minimum absolute atomic E-state index is 0.0387. The number of hydrogen-bond donors (Lipinski definition) is 1.